The number of carbonyl (C=O) groups is 1. The van der Waals surface area contributed by atoms with E-state index >= 15 is 0 Å². The predicted molar refractivity (Wildman–Crippen MR) is 121 cm³/mol. The number of methoxy groups -OCH3 is 1. The zero-order valence-corrected chi connectivity index (χ0v) is 19.0. The number of hydrogen-bond donors (Lipinski definition) is 1. The highest BCUT2D eigenvalue weighted by atomic mass is 32.2. The monoisotopic (exact) mass is 455 g/mol. The molecule has 3 aromatic rings. The molecule has 0 fully saturated rings. The van der Waals surface area contributed by atoms with Crippen molar-refractivity contribution >= 4 is 17.7 Å². The van der Waals surface area contributed by atoms with E-state index in [2.05, 4.69) is 20.4 Å². The maximum absolute atomic E-state index is 12.7. The Morgan fingerprint density at radius 3 is 2.84 bits per heavy atom. The van der Waals surface area contributed by atoms with Crippen LogP contribution in [0.1, 0.15) is 16.2 Å². The smallest absolute Gasteiger partial charge is 0.251 e. The Bertz CT molecular complexity index is 1100. The van der Waals surface area contributed by atoms with Gasteiger partial charge in [0.05, 0.1) is 19.3 Å². The number of benzene rings is 2. The number of amides is 1. The van der Waals surface area contributed by atoms with Crippen LogP contribution in [0.3, 0.4) is 0 Å². The first-order chi connectivity index (χ1) is 15.5. The lowest BCUT2D eigenvalue weighted by Crippen LogP contribution is -2.24. The molecule has 0 radical (unpaired) electrons. The number of nitrogens with zero attached hydrogens (tertiary/aromatic N) is 4. The van der Waals surface area contributed by atoms with Gasteiger partial charge in [0.15, 0.2) is 22.5 Å². The molecule has 2 heterocycles. The lowest BCUT2D eigenvalue weighted by Gasteiger charge is -2.13. The first-order valence-electron chi connectivity index (χ1n) is 10.1. The van der Waals surface area contributed by atoms with Crippen molar-refractivity contribution in [2.45, 2.75) is 11.7 Å². The molecule has 32 heavy (non-hydrogen) atoms. The number of carbonyl (C=O) groups excluding carboxylic acids is 1. The summed E-state index contributed by atoms with van der Waals surface area (Å²) in [5, 5.41) is 12.4. The van der Waals surface area contributed by atoms with Gasteiger partial charge >= 0.3 is 0 Å². The van der Waals surface area contributed by atoms with Gasteiger partial charge in [-0.1, -0.05) is 17.8 Å². The molecular formula is C22H25N5O4S. The van der Waals surface area contributed by atoms with Crippen LogP contribution in [0.25, 0.3) is 5.69 Å². The lowest BCUT2D eigenvalue weighted by molar-refractivity contribution is 0.0949. The van der Waals surface area contributed by atoms with Crippen molar-refractivity contribution < 1.29 is 19.0 Å². The van der Waals surface area contributed by atoms with Crippen LogP contribution in [0.15, 0.2) is 47.6 Å². The van der Waals surface area contributed by atoms with E-state index in [1.165, 1.54) is 0 Å². The molecule has 0 aliphatic carbocycles. The number of ether oxygens (including phenoxy) is 3. The average Bonchev–Trinajstić information content (AvgIpc) is 3.43. The number of rotatable bonds is 9. The van der Waals surface area contributed by atoms with Crippen LogP contribution in [-0.2, 0) is 6.54 Å². The van der Waals surface area contributed by atoms with Crippen molar-refractivity contribution in [2.24, 2.45) is 0 Å². The van der Waals surface area contributed by atoms with Crippen molar-refractivity contribution in [1.82, 2.24) is 25.0 Å². The Kier molecular flexibility index (Phi) is 6.81. The second-order valence-corrected chi connectivity index (χ2v) is 8.40. The molecule has 1 amide bonds. The molecule has 2 aromatic carbocycles. The molecule has 1 aromatic heterocycles. The molecule has 0 unspecified atom stereocenters. The fourth-order valence-corrected chi connectivity index (χ4v) is 4.21. The summed E-state index contributed by atoms with van der Waals surface area (Å²) >= 11 is 1.61. The quantitative estimate of drug-likeness (QED) is 0.493. The number of thioether (sulfide) groups is 1. The summed E-state index contributed by atoms with van der Waals surface area (Å²) in [6.45, 7) is 1.29. The Labute approximate surface area is 190 Å². The number of nitrogens with one attached hydrogen (secondary N) is 1. The van der Waals surface area contributed by atoms with Crippen LogP contribution in [0.5, 0.6) is 17.2 Å². The van der Waals surface area contributed by atoms with E-state index in [0.29, 0.717) is 22.9 Å². The normalized spacial score (nSPS) is 12.2. The minimum atomic E-state index is -0.231. The molecule has 0 saturated carbocycles. The fraction of sp³-hybridized carbons (Fsp3) is 0.318. The second kappa shape index (κ2) is 9.92. The van der Waals surface area contributed by atoms with Gasteiger partial charge < -0.3 is 24.4 Å². The largest absolute Gasteiger partial charge is 0.497 e. The van der Waals surface area contributed by atoms with Crippen molar-refractivity contribution in [3.8, 4) is 22.9 Å². The Morgan fingerprint density at radius 2 is 2.03 bits per heavy atom. The van der Waals surface area contributed by atoms with Crippen LogP contribution in [-0.4, -0.2) is 65.9 Å². The van der Waals surface area contributed by atoms with E-state index in [-0.39, 0.29) is 19.2 Å². The summed E-state index contributed by atoms with van der Waals surface area (Å²) < 4.78 is 18.0. The Morgan fingerprint density at radius 1 is 1.19 bits per heavy atom. The van der Waals surface area contributed by atoms with Crippen LogP contribution in [0, 0.1) is 0 Å². The minimum Gasteiger partial charge on any atom is -0.497 e. The lowest BCUT2D eigenvalue weighted by atomic mass is 10.2. The van der Waals surface area contributed by atoms with Gasteiger partial charge in [-0.2, -0.15) is 0 Å². The van der Waals surface area contributed by atoms with Gasteiger partial charge in [0.1, 0.15) is 5.75 Å². The van der Waals surface area contributed by atoms with E-state index in [0.717, 1.165) is 28.9 Å². The molecule has 0 bridgehead atoms. The van der Waals surface area contributed by atoms with Crippen LogP contribution in [0.4, 0.5) is 0 Å². The second-order valence-electron chi connectivity index (χ2n) is 7.34. The summed E-state index contributed by atoms with van der Waals surface area (Å²) in [6, 6.07) is 12.8. The average molecular weight is 456 g/mol. The molecule has 1 N–H and O–H groups in total. The van der Waals surface area contributed by atoms with Gasteiger partial charge in [0, 0.05) is 23.9 Å². The summed E-state index contributed by atoms with van der Waals surface area (Å²) in [4.78, 5) is 14.8. The molecule has 1 aliphatic heterocycles. The van der Waals surface area contributed by atoms with Crippen molar-refractivity contribution in [2.75, 3.05) is 40.3 Å². The summed E-state index contributed by atoms with van der Waals surface area (Å²) in [5.41, 5.74) is 1.36. The number of hydrogen-bond acceptors (Lipinski definition) is 8. The van der Waals surface area contributed by atoms with E-state index in [1.807, 2.05) is 42.9 Å². The van der Waals surface area contributed by atoms with Gasteiger partial charge in [0.2, 0.25) is 6.79 Å². The molecule has 9 nitrogen and oxygen atoms in total. The molecule has 168 valence electrons. The first kappa shape index (κ1) is 22.0. The Hall–Kier alpha value is -3.24. The zero-order valence-electron chi connectivity index (χ0n) is 18.2. The summed E-state index contributed by atoms with van der Waals surface area (Å²) in [6.07, 6.45) is 0. The molecule has 10 heteroatoms. The van der Waals surface area contributed by atoms with E-state index in [9.17, 15) is 4.79 Å². The maximum atomic E-state index is 12.7. The SMILES string of the molecule is COc1cccc(-n2c(CNC(=O)c3ccc4c(c3)OCO4)nnc2SCCN(C)C)c1. The van der Waals surface area contributed by atoms with Gasteiger partial charge in [-0.3, -0.25) is 9.36 Å². The number of aromatic nitrogens is 3. The van der Waals surface area contributed by atoms with Gasteiger partial charge in [-0.05, 0) is 44.4 Å². The molecule has 1 aliphatic rings. The maximum Gasteiger partial charge on any atom is 0.251 e. The minimum absolute atomic E-state index is 0.165. The molecular weight excluding hydrogens is 430 g/mol. The van der Waals surface area contributed by atoms with Crippen molar-refractivity contribution in [3.05, 3.63) is 53.9 Å². The number of fused-ring (bicyclic) bond motifs is 1. The summed E-state index contributed by atoms with van der Waals surface area (Å²) in [7, 11) is 5.69. The third kappa shape index (κ3) is 4.97. The van der Waals surface area contributed by atoms with Gasteiger partial charge in [-0.25, -0.2) is 0 Å². The van der Waals surface area contributed by atoms with E-state index in [4.69, 9.17) is 14.2 Å². The zero-order chi connectivity index (χ0) is 22.5. The highest BCUT2D eigenvalue weighted by Gasteiger charge is 2.19. The van der Waals surface area contributed by atoms with Gasteiger partial charge in [0.25, 0.3) is 5.91 Å². The van der Waals surface area contributed by atoms with Gasteiger partial charge in [-0.15, -0.1) is 10.2 Å². The van der Waals surface area contributed by atoms with Crippen LogP contribution < -0.4 is 19.5 Å². The highest BCUT2D eigenvalue weighted by molar-refractivity contribution is 7.99. The van der Waals surface area contributed by atoms with Crippen LogP contribution in [0.2, 0.25) is 0 Å². The third-order valence-electron chi connectivity index (χ3n) is 4.82. The molecule has 0 atom stereocenters. The third-order valence-corrected chi connectivity index (χ3v) is 5.73. The van der Waals surface area contributed by atoms with Crippen molar-refractivity contribution in [1.29, 1.82) is 0 Å². The fourth-order valence-electron chi connectivity index (χ4n) is 3.14. The van der Waals surface area contributed by atoms with E-state index < -0.39 is 0 Å². The first-order valence-corrected chi connectivity index (χ1v) is 11.1. The Balaban J connectivity index is 1.54. The highest BCUT2D eigenvalue weighted by Crippen LogP contribution is 2.32. The standard InChI is InChI=1S/C22H25N5O4S/c1-26(2)9-10-32-22-25-24-20(27(22)16-5-4-6-17(12-16)29-3)13-23-21(28)15-7-8-18-19(11-15)31-14-30-18/h4-8,11-12H,9-10,13-14H2,1-3H3,(H,23,28). The molecule has 4 rings (SSSR count). The summed E-state index contributed by atoms with van der Waals surface area (Å²) in [5.74, 6) is 3.19. The topological polar surface area (TPSA) is 90.7 Å². The molecule has 0 spiro atoms. The van der Waals surface area contributed by atoms with Crippen LogP contribution >= 0.6 is 11.8 Å². The molecule has 0 saturated heterocycles. The predicted octanol–water partition coefficient (Wildman–Crippen LogP) is 2.59. The van der Waals surface area contributed by atoms with E-state index in [1.54, 1.807) is 37.1 Å². The van der Waals surface area contributed by atoms with Crippen molar-refractivity contribution in [3.63, 3.8) is 0 Å².